The van der Waals surface area contributed by atoms with Crippen LogP contribution in [0.15, 0.2) is 0 Å². The first kappa shape index (κ1) is 17.7. The van der Waals surface area contributed by atoms with Crippen LogP contribution in [0.25, 0.3) is 0 Å². The highest BCUT2D eigenvalue weighted by atomic mass is 16.5. The number of methoxy groups -OCH3 is 1. The molecule has 0 bridgehead atoms. The number of nitrogens with zero attached hydrogens (tertiary/aromatic N) is 1. The molecule has 0 rings (SSSR count). The maximum absolute atomic E-state index is 11.5. The van der Waals surface area contributed by atoms with E-state index in [1.54, 1.807) is 7.11 Å². The van der Waals surface area contributed by atoms with Crippen molar-refractivity contribution < 1.29 is 19.4 Å². The molecule has 0 saturated carbocycles. The lowest BCUT2D eigenvalue weighted by Gasteiger charge is -2.17. The van der Waals surface area contributed by atoms with Gasteiger partial charge in [-0.25, -0.2) is 9.59 Å². The van der Waals surface area contributed by atoms with Crippen LogP contribution in [0, 0.1) is 0 Å². The molecule has 0 aliphatic rings. The van der Waals surface area contributed by atoms with Gasteiger partial charge in [-0.2, -0.15) is 0 Å². The summed E-state index contributed by atoms with van der Waals surface area (Å²) in [5, 5.41) is 14.1. The number of carbonyl (C=O) groups is 2. The number of nitrogens with one attached hydrogen (secondary N) is 2. The van der Waals surface area contributed by atoms with E-state index in [1.165, 1.54) is 0 Å². The summed E-state index contributed by atoms with van der Waals surface area (Å²) in [7, 11) is 3.50. The van der Waals surface area contributed by atoms with E-state index in [4.69, 9.17) is 9.84 Å². The summed E-state index contributed by atoms with van der Waals surface area (Å²) in [6, 6.07) is -1.33. The SMILES string of the molecule is CCN(C)CCNC(=O)NC(CCCOC)C(=O)O. The number of carboxylic acid groups (broad SMARTS) is 1. The normalized spacial score (nSPS) is 12.2. The minimum atomic E-state index is -1.03. The number of hydrogen-bond donors (Lipinski definition) is 3. The molecule has 1 unspecified atom stereocenters. The minimum absolute atomic E-state index is 0.353. The Kier molecular flexibility index (Phi) is 9.82. The molecule has 2 amide bonds. The zero-order valence-electron chi connectivity index (χ0n) is 11.9. The smallest absolute Gasteiger partial charge is 0.326 e. The van der Waals surface area contributed by atoms with Gasteiger partial charge in [0.05, 0.1) is 0 Å². The molecule has 0 aromatic heterocycles. The highest BCUT2D eigenvalue weighted by Gasteiger charge is 2.19. The zero-order chi connectivity index (χ0) is 14.7. The summed E-state index contributed by atoms with van der Waals surface area (Å²) >= 11 is 0. The van der Waals surface area contributed by atoms with Gasteiger partial charge in [-0.3, -0.25) is 0 Å². The maximum atomic E-state index is 11.5. The van der Waals surface area contributed by atoms with Crippen molar-refractivity contribution >= 4 is 12.0 Å². The Morgan fingerprint density at radius 2 is 2.11 bits per heavy atom. The third-order valence-electron chi connectivity index (χ3n) is 2.76. The average Bonchev–Trinajstić information content (AvgIpc) is 2.37. The van der Waals surface area contributed by atoms with Crippen LogP contribution in [0.3, 0.4) is 0 Å². The van der Waals surface area contributed by atoms with Crippen LogP contribution in [0.5, 0.6) is 0 Å². The molecule has 1 atom stereocenters. The first-order chi connectivity index (χ1) is 9.01. The molecule has 0 aliphatic carbocycles. The van der Waals surface area contributed by atoms with E-state index in [9.17, 15) is 9.59 Å². The highest BCUT2D eigenvalue weighted by Crippen LogP contribution is 1.98. The summed E-state index contributed by atoms with van der Waals surface area (Å²) in [5.74, 6) is -1.03. The number of ether oxygens (including phenoxy) is 1. The molecule has 0 saturated heterocycles. The van der Waals surface area contributed by atoms with Gasteiger partial charge in [0.15, 0.2) is 0 Å². The van der Waals surface area contributed by atoms with E-state index in [0.29, 0.717) is 26.0 Å². The zero-order valence-corrected chi connectivity index (χ0v) is 11.9. The second kappa shape index (κ2) is 10.6. The maximum Gasteiger partial charge on any atom is 0.326 e. The lowest BCUT2D eigenvalue weighted by Crippen LogP contribution is -2.47. The Labute approximate surface area is 114 Å². The van der Waals surface area contributed by atoms with Crippen molar-refractivity contribution in [1.82, 2.24) is 15.5 Å². The standard InChI is InChI=1S/C12H25N3O4/c1-4-15(2)8-7-13-12(18)14-10(11(16)17)6-5-9-19-3/h10H,4-9H2,1-3H3,(H,16,17)(H2,13,14,18). The molecule has 0 fully saturated rings. The van der Waals surface area contributed by atoms with Crippen LogP contribution < -0.4 is 10.6 Å². The molecule has 7 nitrogen and oxygen atoms in total. The van der Waals surface area contributed by atoms with Crippen LogP contribution in [-0.2, 0) is 9.53 Å². The molecule has 7 heteroatoms. The Morgan fingerprint density at radius 3 is 2.63 bits per heavy atom. The Morgan fingerprint density at radius 1 is 1.42 bits per heavy atom. The predicted molar refractivity (Wildman–Crippen MR) is 72.2 cm³/mol. The molecule has 0 aliphatic heterocycles. The molecule has 0 spiro atoms. The van der Waals surface area contributed by atoms with E-state index in [0.717, 1.165) is 13.1 Å². The van der Waals surface area contributed by atoms with Gasteiger partial charge >= 0.3 is 12.0 Å². The summed E-state index contributed by atoms with van der Waals surface area (Å²) in [6.07, 6.45) is 0.942. The molecule has 112 valence electrons. The Bertz CT molecular complexity index is 274. The topological polar surface area (TPSA) is 90.9 Å². The molecule has 3 N–H and O–H groups in total. The third kappa shape index (κ3) is 9.26. The molecule has 0 aromatic carbocycles. The van der Waals surface area contributed by atoms with Crippen molar-refractivity contribution in [3.05, 3.63) is 0 Å². The third-order valence-corrected chi connectivity index (χ3v) is 2.76. The molecule has 19 heavy (non-hydrogen) atoms. The number of hydrogen-bond acceptors (Lipinski definition) is 4. The summed E-state index contributed by atoms with van der Waals surface area (Å²) in [4.78, 5) is 24.5. The minimum Gasteiger partial charge on any atom is -0.480 e. The number of likely N-dealkylation sites (N-methyl/N-ethyl adjacent to an activating group) is 1. The number of aliphatic carboxylic acids is 1. The van der Waals surface area contributed by atoms with Crippen LogP contribution in [0.1, 0.15) is 19.8 Å². The second-order valence-corrected chi connectivity index (χ2v) is 4.32. The molecule has 0 radical (unpaired) electrons. The molecule has 0 heterocycles. The fourth-order valence-corrected chi connectivity index (χ4v) is 1.42. The molecular weight excluding hydrogens is 250 g/mol. The fourth-order valence-electron chi connectivity index (χ4n) is 1.42. The fraction of sp³-hybridized carbons (Fsp3) is 0.833. The van der Waals surface area contributed by atoms with Gasteiger partial charge in [0.2, 0.25) is 0 Å². The van der Waals surface area contributed by atoms with Crippen molar-refractivity contribution in [2.75, 3.05) is 40.4 Å². The quantitative estimate of drug-likeness (QED) is 0.493. The average molecular weight is 275 g/mol. The number of amides is 2. The van der Waals surface area contributed by atoms with Gasteiger partial charge in [-0.05, 0) is 26.4 Å². The number of carboxylic acids is 1. The summed E-state index contributed by atoms with van der Waals surface area (Å²) in [6.45, 7) is 4.62. The summed E-state index contributed by atoms with van der Waals surface area (Å²) < 4.78 is 4.85. The van der Waals surface area contributed by atoms with E-state index >= 15 is 0 Å². The monoisotopic (exact) mass is 275 g/mol. The van der Waals surface area contributed by atoms with Crippen LogP contribution in [0.4, 0.5) is 4.79 Å². The largest absolute Gasteiger partial charge is 0.480 e. The van der Waals surface area contributed by atoms with E-state index in [-0.39, 0.29) is 0 Å². The molecule has 0 aromatic rings. The van der Waals surface area contributed by atoms with Crippen molar-refractivity contribution in [3.63, 3.8) is 0 Å². The van der Waals surface area contributed by atoms with Gasteiger partial charge in [-0.1, -0.05) is 6.92 Å². The van der Waals surface area contributed by atoms with Crippen LogP contribution in [-0.4, -0.2) is 68.4 Å². The first-order valence-corrected chi connectivity index (χ1v) is 6.45. The number of rotatable bonds is 10. The van der Waals surface area contributed by atoms with E-state index in [1.807, 2.05) is 18.9 Å². The van der Waals surface area contributed by atoms with E-state index in [2.05, 4.69) is 10.6 Å². The predicted octanol–water partition coefficient (Wildman–Crippen LogP) is 0.117. The van der Waals surface area contributed by atoms with Crippen molar-refractivity contribution in [2.45, 2.75) is 25.8 Å². The lowest BCUT2D eigenvalue weighted by atomic mass is 10.1. The Hall–Kier alpha value is -1.34. The number of urea groups is 1. The van der Waals surface area contributed by atoms with Crippen LogP contribution >= 0.6 is 0 Å². The van der Waals surface area contributed by atoms with Gasteiger partial charge in [0.1, 0.15) is 6.04 Å². The van der Waals surface area contributed by atoms with Crippen molar-refractivity contribution in [2.24, 2.45) is 0 Å². The highest BCUT2D eigenvalue weighted by molar-refractivity contribution is 5.82. The van der Waals surface area contributed by atoms with Crippen molar-refractivity contribution in [3.8, 4) is 0 Å². The Balaban J connectivity index is 3.93. The van der Waals surface area contributed by atoms with Gasteiger partial charge in [-0.15, -0.1) is 0 Å². The van der Waals surface area contributed by atoms with Crippen molar-refractivity contribution in [1.29, 1.82) is 0 Å². The van der Waals surface area contributed by atoms with E-state index < -0.39 is 18.0 Å². The summed E-state index contributed by atoms with van der Waals surface area (Å²) in [5.41, 5.74) is 0. The van der Waals surface area contributed by atoms with Gasteiger partial charge in [0.25, 0.3) is 0 Å². The first-order valence-electron chi connectivity index (χ1n) is 6.45. The van der Waals surface area contributed by atoms with Crippen LogP contribution in [0.2, 0.25) is 0 Å². The second-order valence-electron chi connectivity index (χ2n) is 4.32. The lowest BCUT2D eigenvalue weighted by molar-refractivity contribution is -0.139. The number of carbonyl (C=O) groups excluding carboxylic acids is 1. The van der Waals surface area contributed by atoms with Gasteiger partial charge < -0.3 is 25.4 Å². The van der Waals surface area contributed by atoms with Gasteiger partial charge in [0, 0.05) is 26.8 Å². The molecular formula is C12H25N3O4.